The molecule has 5 nitrogen and oxygen atoms in total. The van der Waals surface area contributed by atoms with Gasteiger partial charge in [-0.3, -0.25) is 4.79 Å². The second kappa shape index (κ2) is 4.84. The highest BCUT2D eigenvalue weighted by Crippen LogP contribution is 2.32. The van der Waals surface area contributed by atoms with Gasteiger partial charge in [0.15, 0.2) is 0 Å². The molecule has 1 unspecified atom stereocenters. The van der Waals surface area contributed by atoms with Crippen LogP contribution in [0.2, 0.25) is 0 Å². The molecule has 1 aromatic heterocycles. The van der Waals surface area contributed by atoms with Crippen molar-refractivity contribution in [3.63, 3.8) is 0 Å². The summed E-state index contributed by atoms with van der Waals surface area (Å²) in [6.07, 6.45) is 3.05. The van der Waals surface area contributed by atoms with E-state index in [1.807, 2.05) is 4.57 Å². The maximum atomic E-state index is 12.0. The Labute approximate surface area is 105 Å². The first-order valence-electron chi connectivity index (χ1n) is 6.13. The monoisotopic (exact) mass is 251 g/mol. The third kappa shape index (κ3) is 2.25. The lowest BCUT2D eigenvalue weighted by Crippen LogP contribution is -2.27. The minimum atomic E-state index is -0.993. The molecule has 2 rings (SSSR count). The van der Waals surface area contributed by atoms with Crippen molar-refractivity contribution in [1.29, 1.82) is 0 Å². The van der Waals surface area contributed by atoms with E-state index >= 15 is 0 Å². The average molecular weight is 251 g/mol. The number of hydrogen-bond donors (Lipinski definition) is 1. The van der Waals surface area contributed by atoms with Crippen molar-refractivity contribution in [3.05, 3.63) is 23.5 Å². The summed E-state index contributed by atoms with van der Waals surface area (Å²) in [6.45, 7) is 4.34. The van der Waals surface area contributed by atoms with E-state index in [-0.39, 0.29) is 17.6 Å². The summed E-state index contributed by atoms with van der Waals surface area (Å²) in [5.41, 5.74) is 0.791. The zero-order valence-corrected chi connectivity index (χ0v) is 10.5. The van der Waals surface area contributed by atoms with Crippen LogP contribution in [0.15, 0.2) is 12.3 Å². The summed E-state index contributed by atoms with van der Waals surface area (Å²) in [4.78, 5) is 23.2. The Balaban J connectivity index is 2.34. The normalized spacial score (nSPS) is 18.5. The summed E-state index contributed by atoms with van der Waals surface area (Å²) < 4.78 is 7.05. The van der Waals surface area contributed by atoms with Crippen LogP contribution < -0.4 is 0 Å². The van der Waals surface area contributed by atoms with E-state index in [1.165, 1.54) is 0 Å². The van der Waals surface area contributed by atoms with Gasteiger partial charge in [0.2, 0.25) is 0 Å². The van der Waals surface area contributed by atoms with Gasteiger partial charge in [-0.1, -0.05) is 0 Å². The maximum Gasteiger partial charge on any atom is 0.337 e. The molecule has 5 heteroatoms. The number of hydrogen-bond acceptors (Lipinski definition) is 3. The molecule has 0 aliphatic carbocycles. The first kappa shape index (κ1) is 12.7. The molecule has 0 radical (unpaired) electrons. The second-order valence-electron chi connectivity index (χ2n) is 4.79. The fourth-order valence-electron chi connectivity index (χ4n) is 2.40. The van der Waals surface area contributed by atoms with Crippen molar-refractivity contribution in [1.82, 2.24) is 4.57 Å². The van der Waals surface area contributed by atoms with Crippen LogP contribution in [0.1, 0.15) is 48.7 Å². The molecule has 0 saturated heterocycles. The van der Waals surface area contributed by atoms with E-state index in [2.05, 4.69) is 0 Å². The van der Waals surface area contributed by atoms with Gasteiger partial charge in [0.1, 0.15) is 0 Å². The van der Waals surface area contributed by atoms with Crippen LogP contribution in [-0.2, 0) is 16.1 Å². The maximum absolute atomic E-state index is 12.0. The van der Waals surface area contributed by atoms with Gasteiger partial charge in [-0.05, 0) is 32.8 Å². The highest BCUT2D eigenvalue weighted by Gasteiger charge is 2.32. The first-order valence-corrected chi connectivity index (χ1v) is 6.13. The van der Waals surface area contributed by atoms with Crippen LogP contribution in [-0.4, -0.2) is 27.7 Å². The molecule has 18 heavy (non-hydrogen) atoms. The van der Waals surface area contributed by atoms with Crippen molar-refractivity contribution in [2.45, 2.75) is 45.3 Å². The molecule has 1 aromatic rings. The molecule has 0 saturated carbocycles. The Kier molecular flexibility index (Phi) is 3.41. The molecule has 1 aliphatic heterocycles. The number of nitrogens with zero attached hydrogens (tertiary/aromatic N) is 1. The molecule has 1 atom stereocenters. The van der Waals surface area contributed by atoms with Crippen molar-refractivity contribution >= 4 is 11.9 Å². The Morgan fingerprint density at radius 1 is 1.50 bits per heavy atom. The molecule has 0 aromatic carbocycles. The van der Waals surface area contributed by atoms with Crippen LogP contribution in [0.3, 0.4) is 0 Å². The zero-order valence-electron chi connectivity index (χ0n) is 10.5. The van der Waals surface area contributed by atoms with Gasteiger partial charge < -0.3 is 14.4 Å². The van der Waals surface area contributed by atoms with Crippen molar-refractivity contribution in [2.24, 2.45) is 0 Å². The van der Waals surface area contributed by atoms with E-state index in [0.717, 1.165) is 13.0 Å². The smallest absolute Gasteiger partial charge is 0.337 e. The molecule has 98 valence electrons. The number of rotatable bonds is 3. The van der Waals surface area contributed by atoms with Gasteiger partial charge in [0.25, 0.3) is 0 Å². The van der Waals surface area contributed by atoms with Crippen LogP contribution in [0.5, 0.6) is 0 Å². The first-order chi connectivity index (χ1) is 8.50. The molecule has 1 aliphatic rings. The molecular formula is C13H17NO4. The highest BCUT2D eigenvalue weighted by atomic mass is 16.5. The number of aromatic carboxylic acids is 1. The number of ether oxygens (including phenoxy) is 1. The lowest BCUT2D eigenvalue weighted by atomic mass is 9.93. The lowest BCUT2D eigenvalue weighted by molar-refractivity contribution is -0.149. The number of fused-ring (bicyclic) bond motifs is 1. The van der Waals surface area contributed by atoms with Gasteiger partial charge in [-0.15, -0.1) is 0 Å². The van der Waals surface area contributed by atoms with Gasteiger partial charge in [0.05, 0.1) is 17.6 Å². The van der Waals surface area contributed by atoms with Crippen molar-refractivity contribution < 1.29 is 19.4 Å². The third-order valence-electron chi connectivity index (χ3n) is 3.10. The van der Waals surface area contributed by atoms with Crippen molar-refractivity contribution in [3.8, 4) is 0 Å². The Bertz CT molecular complexity index is 475. The van der Waals surface area contributed by atoms with E-state index in [4.69, 9.17) is 9.84 Å². The lowest BCUT2D eigenvalue weighted by Gasteiger charge is -2.25. The summed E-state index contributed by atoms with van der Waals surface area (Å²) >= 11 is 0. The number of carbonyl (C=O) groups excluding carboxylic acids is 1. The molecule has 0 bridgehead atoms. The topological polar surface area (TPSA) is 68.5 Å². The molecule has 0 spiro atoms. The Morgan fingerprint density at radius 2 is 2.22 bits per heavy atom. The molecule has 0 amide bonds. The summed E-state index contributed by atoms with van der Waals surface area (Å²) in [5.74, 6) is -1.78. The zero-order chi connectivity index (χ0) is 13.3. The van der Waals surface area contributed by atoms with E-state index in [1.54, 1.807) is 26.1 Å². The minimum Gasteiger partial charge on any atom is -0.478 e. The summed E-state index contributed by atoms with van der Waals surface area (Å²) in [5, 5.41) is 9.15. The molecular weight excluding hydrogens is 234 g/mol. The quantitative estimate of drug-likeness (QED) is 0.834. The van der Waals surface area contributed by atoms with E-state index in [9.17, 15) is 9.59 Å². The predicted octanol–water partition coefficient (Wildman–Crippen LogP) is 2.02. The molecule has 2 heterocycles. The predicted molar refractivity (Wildman–Crippen MR) is 64.6 cm³/mol. The van der Waals surface area contributed by atoms with E-state index in [0.29, 0.717) is 12.1 Å². The number of carboxylic acid groups (broad SMARTS) is 1. The number of aryl methyl sites for hydroxylation is 1. The van der Waals surface area contributed by atoms with E-state index < -0.39 is 11.9 Å². The highest BCUT2D eigenvalue weighted by molar-refractivity contribution is 5.92. The Morgan fingerprint density at radius 3 is 2.83 bits per heavy atom. The third-order valence-corrected chi connectivity index (χ3v) is 3.10. The van der Waals surface area contributed by atoms with Crippen LogP contribution in [0.4, 0.5) is 0 Å². The van der Waals surface area contributed by atoms with Gasteiger partial charge in [-0.2, -0.15) is 0 Å². The largest absolute Gasteiger partial charge is 0.478 e. The average Bonchev–Trinajstić information content (AvgIpc) is 2.71. The SMILES string of the molecule is CC(C)OC(=O)C1CCCn2ccc(C(=O)O)c21. The van der Waals surface area contributed by atoms with Crippen LogP contribution >= 0.6 is 0 Å². The van der Waals surface area contributed by atoms with Crippen LogP contribution in [0, 0.1) is 0 Å². The van der Waals surface area contributed by atoms with Crippen molar-refractivity contribution in [2.75, 3.05) is 0 Å². The fourth-order valence-corrected chi connectivity index (χ4v) is 2.40. The standard InChI is InChI=1S/C13H17NO4/c1-8(2)18-13(17)10-4-3-6-14-7-5-9(11(10)14)12(15)16/h5,7-8,10H,3-4,6H2,1-2H3,(H,15,16). The fraction of sp³-hybridized carbons (Fsp3) is 0.538. The second-order valence-corrected chi connectivity index (χ2v) is 4.79. The Hall–Kier alpha value is -1.78. The van der Waals surface area contributed by atoms with Gasteiger partial charge in [0, 0.05) is 18.4 Å². The number of esters is 1. The molecule has 0 fully saturated rings. The van der Waals surface area contributed by atoms with Crippen LogP contribution in [0.25, 0.3) is 0 Å². The summed E-state index contributed by atoms with van der Waals surface area (Å²) in [6, 6.07) is 1.55. The number of aromatic nitrogens is 1. The van der Waals surface area contributed by atoms with Gasteiger partial charge >= 0.3 is 11.9 Å². The van der Waals surface area contributed by atoms with Gasteiger partial charge in [-0.25, -0.2) is 4.79 Å². The minimum absolute atomic E-state index is 0.184. The summed E-state index contributed by atoms with van der Waals surface area (Å²) in [7, 11) is 0. The number of carbonyl (C=O) groups is 2. The number of carboxylic acids is 1. The molecule has 1 N–H and O–H groups in total.